The lowest BCUT2D eigenvalue weighted by molar-refractivity contribution is -0.144. The normalized spacial score (nSPS) is 20.1. The molecule has 41 heavy (non-hydrogen) atoms. The van der Waals surface area contributed by atoms with Crippen LogP contribution in [0.1, 0.15) is 50.5 Å². The number of aromatic nitrogens is 2. The number of fused-ring (bicyclic) bond motifs is 1. The predicted molar refractivity (Wildman–Crippen MR) is 154 cm³/mol. The second-order valence-corrected chi connectivity index (χ2v) is 11.2. The first-order valence-corrected chi connectivity index (χ1v) is 14.7. The minimum Gasteiger partial charge on any atom is -0.493 e. The molecule has 0 bridgehead atoms. The third kappa shape index (κ3) is 7.71. The molecular weight excluding hydrogens is 526 g/mol. The van der Waals surface area contributed by atoms with Gasteiger partial charge in [-0.3, -0.25) is 19.2 Å². The summed E-state index contributed by atoms with van der Waals surface area (Å²) in [6.07, 6.45) is 8.06. The number of benzene rings is 1. The Morgan fingerprint density at radius 2 is 1.93 bits per heavy atom. The van der Waals surface area contributed by atoms with E-state index in [1.165, 1.54) is 0 Å². The third-order valence-corrected chi connectivity index (χ3v) is 8.11. The minimum atomic E-state index is -0.876. The molecule has 1 saturated heterocycles. The van der Waals surface area contributed by atoms with Crippen LogP contribution < -0.4 is 14.2 Å². The van der Waals surface area contributed by atoms with Crippen LogP contribution in [0.15, 0.2) is 30.6 Å². The second kappa shape index (κ2) is 14.5. The van der Waals surface area contributed by atoms with Gasteiger partial charge in [-0.05, 0) is 70.1 Å². The van der Waals surface area contributed by atoms with E-state index in [2.05, 4.69) is 35.9 Å². The minimum absolute atomic E-state index is 0.0560. The molecule has 2 aliphatic rings. The zero-order valence-electron chi connectivity index (χ0n) is 24.8. The molecule has 3 atom stereocenters. The van der Waals surface area contributed by atoms with Crippen molar-refractivity contribution in [2.45, 2.75) is 57.5 Å². The van der Waals surface area contributed by atoms with Crippen LogP contribution in [-0.2, 0) is 16.1 Å². The molecule has 226 valence electrons. The van der Waals surface area contributed by atoms with Gasteiger partial charge in [-0.25, -0.2) is 0 Å². The van der Waals surface area contributed by atoms with Gasteiger partial charge in [-0.1, -0.05) is 13.3 Å². The van der Waals surface area contributed by atoms with E-state index in [1.54, 1.807) is 13.3 Å². The second-order valence-electron chi connectivity index (χ2n) is 11.2. The fourth-order valence-corrected chi connectivity index (χ4v) is 5.97. The van der Waals surface area contributed by atoms with Crippen molar-refractivity contribution in [3.05, 3.63) is 36.2 Å². The molecule has 1 amide bonds. The number of methoxy groups -OCH3 is 1. The summed E-state index contributed by atoms with van der Waals surface area (Å²) in [6.45, 7) is 5.82. The number of ether oxygens (including phenoxy) is 3. The van der Waals surface area contributed by atoms with Crippen LogP contribution >= 0.6 is 0 Å². The summed E-state index contributed by atoms with van der Waals surface area (Å²) >= 11 is 0. The molecule has 1 aromatic carbocycles. The number of carbonyl (C=O) groups excluding carboxylic acids is 1. The van der Waals surface area contributed by atoms with Gasteiger partial charge in [-0.15, -0.1) is 0 Å². The number of aliphatic carboxylic acids is 1. The number of nitrogens with zero attached hydrogens (tertiary/aromatic N) is 5. The average Bonchev–Trinajstić information content (AvgIpc) is 3.70. The Kier molecular flexibility index (Phi) is 10.9. The van der Waals surface area contributed by atoms with E-state index in [9.17, 15) is 14.7 Å². The molecule has 0 spiro atoms. The maximum absolute atomic E-state index is 13.7. The molecule has 0 radical (unpaired) electrons. The first kappa shape index (κ1) is 30.6. The van der Waals surface area contributed by atoms with E-state index in [1.807, 2.05) is 34.0 Å². The lowest BCUT2D eigenvalue weighted by Gasteiger charge is -2.30. The fraction of sp³-hybridized carbons (Fsp3) is 0.633. The van der Waals surface area contributed by atoms with Crippen LogP contribution in [0, 0.1) is 5.92 Å². The lowest BCUT2D eigenvalue weighted by Crippen LogP contribution is -2.45. The van der Waals surface area contributed by atoms with Gasteiger partial charge in [0.25, 0.3) is 0 Å². The summed E-state index contributed by atoms with van der Waals surface area (Å²) in [5.41, 5.74) is 0.809. The first-order chi connectivity index (χ1) is 19.8. The smallest absolute Gasteiger partial charge is 0.308 e. The predicted octanol–water partition coefficient (Wildman–Crippen LogP) is 3.15. The quantitative estimate of drug-likeness (QED) is 0.304. The maximum Gasteiger partial charge on any atom is 0.308 e. The number of unbranched alkanes of at least 4 members (excludes halogenated alkanes) is 2. The number of carbonyl (C=O) groups is 2. The van der Waals surface area contributed by atoms with Crippen molar-refractivity contribution in [1.29, 1.82) is 0 Å². The molecule has 11 heteroatoms. The van der Waals surface area contributed by atoms with E-state index >= 15 is 0 Å². The van der Waals surface area contributed by atoms with E-state index in [0.717, 1.165) is 37.8 Å². The third-order valence-electron chi connectivity index (χ3n) is 8.11. The van der Waals surface area contributed by atoms with Crippen LogP contribution in [0.2, 0.25) is 0 Å². The molecule has 2 aliphatic heterocycles. The summed E-state index contributed by atoms with van der Waals surface area (Å²) in [6, 6.07) is 5.22. The molecule has 4 rings (SSSR count). The van der Waals surface area contributed by atoms with Gasteiger partial charge in [0.1, 0.15) is 0 Å². The topological polar surface area (TPSA) is 110 Å². The number of carboxylic acid groups (broad SMARTS) is 1. The largest absolute Gasteiger partial charge is 0.493 e. The van der Waals surface area contributed by atoms with Crippen molar-refractivity contribution >= 4 is 11.9 Å². The Bertz CT molecular complexity index is 1140. The lowest BCUT2D eigenvalue weighted by atomic mass is 9.84. The first-order valence-electron chi connectivity index (χ1n) is 14.7. The number of rotatable bonds is 16. The van der Waals surface area contributed by atoms with Crippen molar-refractivity contribution in [3.8, 4) is 17.2 Å². The number of aryl methyl sites for hydroxylation is 1. The summed E-state index contributed by atoms with van der Waals surface area (Å²) in [5.74, 6) is -0.286. The highest BCUT2D eigenvalue weighted by molar-refractivity contribution is 5.79. The zero-order chi connectivity index (χ0) is 29.4. The highest BCUT2D eigenvalue weighted by atomic mass is 16.7. The Morgan fingerprint density at radius 3 is 2.61 bits per heavy atom. The molecule has 0 aliphatic carbocycles. The molecule has 11 nitrogen and oxygen atoms in total. The van der Waals surface area contributed by atoms with E-state index in [4.69, 9.17) is 14.2 Å². The maximum atomic E-state index is 13.7. The van der Waals surface area contributed by atoms with Crippen LogP contribution in [0.5, 0.6) is 17.2 Å². The number of hydrogen-bond acceptors (Lipinski definition) is 8. The summed E-state index contributed by atoms with van der Waals surface area (Å²) in [7, 11) is 5.68. The van der Waals surface area contributed by atoms with Crippen LogP contribution in [-0.4, -0.2) is 108 Å². The zero-order valence-corrected chi connectivity index (χ0v) is 24.8. The van der Waals surface area contributed by atoms with Crippen molar-refractivity contribution in [1.82, 2.24) is 24.5 Å². The van der Waals surface area contributed by atoms with Crippen molar-refractivity contribution in [2.24, 2.45) is 5.92 Å². The van der Waals surface area contributed by atoms with Gasteiger partial charge in [0, 0.05) is 50.5 Å². The highest BCUT2D eigenvalue weighted by Crippen LogP contribution is 2.47. The Labute approximate surface area is 242 Å². The molecule has 1 N–H and O–H groups in total. The molecule has 1 aromatic heterocycles. The van der Waals surface area contributed by atoms with Gasteiger partial charge < -0.3 is 29.1 Å². The van der Waals surface area contributed by atoms with E-state index < -0.39 is 11.9 Å². The van der Waals surface area contributed by atoms with Crippen molar-refractivity contribution in [2.75, 3.05) is 60.7 Å². The van der Waals surface area contributed by atoms with Gasteiger partial charge >= 0.3 is 5.97 Å². The number of amides is 1. The van der Waals surface area contributed by atoms with Gasteiger partial charge in [0.15, 0.2) is 11.5 Å². The van der Waals surface area contributed by atoms with Crippen LogP contribution in [0.4, 0.5) is 0 Å². The SMILES string of the molecule is CCCCN(CCCCN(C)C)C(=O)CN1C[C@H](c2cc(OC)c3c(c2)OCO3)C(C(=O)O)[C@@H]1CCn1cccn1. The number of carboxylic acids is 1. The van der Waals surface area contributed by atoms with Gasteiger partial charge in [-0.2, -0.15) is 5.10 Å². The Balaban J connectivity index is 1.58. The van der Waals surface area contributed by atoms with Crippen LogP contribution in [0.25, 0.3) is 0 Å². The molecule has 3 heterocycles. The summed E-state index contributed by atoms with van der Waals surface area (Å²) < 4.78 is 18.6. The van der Waals surface area contributed by atoms with E-state index in [0.29, 0.717) is 49.8 Å². The van der Waals surface area contributed by atoms with Crippen LogP contribution in [0.3, 0.4) is 0 Å². The molecule has 0 saturated carbocycles. The summed E-state index contributed by atoms with van der Waals surface area (Å²) in [4.78, 5) is 32.8. The molecule has 1 fully saturated rings. The Morgan fingerprint density at radius 1 is 1.15 bits per heavy atom. The molecular formula is C30H45N5O6. The monoisotopic (exact) mass is 571 g/mol. The standard InChI is InChI=1S/C30H45N5O6/c1-5-6-13-33(14-8-7-12-32(2)3)27(36)20-34-19-23(22-17-25(39-4)29-26(18-22)40-21-41-29)28(30(37)38)24(34)10-16-35-15-9-11-31-35/h9,11,15,17-18,23-24,28H,5-8,10,12-14,16,19-21H2,1-4H3,(H,37,38)/t23-,24+,28?/m1/s1. The van der Waals surface area contributed by atoms with Crippen molar-refractivity contribution < 1.29 is 28.9 Å². The molecule has 2 aromatic rings. The number of likely N-dealkylation sites (tertiary alicyclic amines) is 1. The fourth-order valence-electron chi connectivity index (χ4n) is 5.97. The van der Waals surface area contributed by atoms with Gasteiger partial charge in [0.2, 0.25) is 18.4 Å². The summed E-state index contributed by atoms with van der Waals surface area (Å²) in [5, 5.41) is 14.8. The highest BCUT2D eigenvalue weighted by Gasteiger charge is 2.47. The van der Waals surface area contributed by atoms with Crippen molar-refractivity contribution in [3.63, 3.8) is 0 Å². The van der Waals surface area contributed by atoms with E-state index in [-0.39, 0.29) is 31.2 Å². The number of hydrogen-bond donors (Lipinski definition) is 1. The van der Waals surface area contributed by atoms with Gasteiger partial charge in [0.05, 0.1) is 19.6 Å². The molecule has 1 unspecified atom stereocenters. The Hall–Kier alpha value is -3.31. The average molecular weight is 572 g/mol.